The normalized spacial score (nSPS) is 14.7. The quantitative estimate of drug-likeness (QED) is 0.479. The third kappa shape index (κ3) is 4.45. The van der Waals surface area contributed by atoms with Gasteiger partial charge >= 0.3 is 5.97 Å². The molecule has 0 saturated carbocycles. The molecular formula is C12H22O2. The van der Waals surface area contributed by atoms with E-state index in [-0.39, 0.29) is 11.8 Å². The van der Waals surface area contributed by atoms with E-state index in [1.54, 1.807) is 6.08 Å². The van der Waals surface area contributed by atoms with Crippen LogP contribution in [-0.2, 0) is 4.79 Å². The Balaban J connectivity index is 4.08. The highest BCUT2D eigenvalue weighted by molar-refractivity contribution is 5.70. The molecule has 0 aromatic rings. The van der Waals surface area contributed by atoms with E-state index in [2.05, 4.69) is 13.5 Å². The van der Waals surface area contributed by atoms with Crippen molar-refractivity contribution in [3.8, 4) is 0 Å². The van der Waals surface area contributed by atoms with Crippen LogP contribution in [0.5, 0.6) is 0 Å². The van der Waals surface area contributed by atoms with E-state index in [0.29, 0.717) is 6.42 Å². The fourth-order valence-electron chi connectivity index (χ4n) is 1.77. The number of rotatable bonds is 8. The van der Waals surface area contributed by atoms with Gasteiger partial charge in [0.2, 0.25) is 0 Å². The zero-order valence-corrected chi connectivity index (χ0v) is 9.33. The summed E-state index contributed by atoms with van der Waals surface area (Å²) in [6.07, 6.45) is 6.92. The van der Waals surface area contributed by atoms with Crippen molar-refractivity contribution in [2.75, 3.05) is 0 Å². The predicted octanol–water partition coefficient (Wildman–Crippen LogP) is 3.48. The lowest BCUT2D eigenvalue weighted by Gasteiger charge is -2.19. The molecule has 2 heteroatoms. The van der Waals surface area contributed by atoms with Gasteiger partial charge in [-0.3, -0.25) is 4.79 Å². The standard InChI is InChI=1S/C12H22O2/c1-4-7-8-9-10(5-2)11(6-3)12(13)14/h5,10-11H,2,4,6-9H2,1,3H3,(H,13,14). The molecule has 0 spiro atoms. The summed E-state index contributed by atoms with van der Waals surface area (Å²) in [5.74, 6) is -0.790. The van der Waals surface area contributed by atoms with Gasteiger partial charge in [0.25, 0.3) is 0 Å². The lowest BCUT2D eigenvalue weighted by Crippen LogP contribution is -2.21. The van der Waals surface area contributed by atoms with Gasteiger partial charge in [0.1, 0.15) is 0 Å². The largest absolute Gasteiger partial charge is 0.481 e. The molecule has 82 valence electrons. The lowest BCUT2D eigenvalue weighted by molar-refractivity contribution is -0.143. The second kappa shape index (κ2) is 7.60. The monoisotopic (exact) mass is 198 g/mol. The van der Waals surface area contributed by atoms with Crippen molar-refractivity contribution >= 4 is 5.97 Å². The number of carboxylic acid groups (broad SMARTS) is 1. The van der Waals surface area contributed by atoms with Crippen molar-refractivity contribution in [2.45, 2.75) is 46.0 Å². The summed E-state index contributed by atoms with van der Waals surface area (Å²) in [4.78, 5) is 10.9. The molecule has 0 aromatic heterocycles. The van der Waals surface area contributed by atoms with Crippen LogP contribution in [0.4, 0.5) is 0 Å². The Labute approximate surface area is 87.0 Å². The second-order valence-corrected chi connectivity index (χ2v) is 3.75. The third-order valence-electron chi connectivity index (χ3n) is 2.72. The molecule has 0 aliphatic rings. The number of carbonyl (C=O) groups is 1. The van der Waals surface area contributed by atoms with Crippen LogP contribution < -0.4 is 0 Å². The molecule has 0 saturated heterocycles. The van der Waals surface area contributed by atoms with E-state index in [0.717, 1.165) is 12.8 Å². The van der Waals surface area contributed by atoms with Crippen LogP contribution in [0.25, 0.3) is 0 Å². The molecule has 14 heavy (non-hydrogen) atoms. The molecule has 1 N–H and O–H groups in total. The Kier molecular flexibility index (Phi) is 7.17. The molecule has 0 aliphatic carbocycles. The summed E-state index contributed by atoms with van der Waals surface area (Å²) in [7, 11) is 0. The van der Waals surface area contributed by atoms with Crippen molar-refractivity contribution in [1.82, 2.24) is 0 Å². The van der Waals surface area contributed by atoms with Crippen LogP contribution >= 0.6 is 0 Å². The van der Waals surface area contributed by atoms with Crippen molar-refractivity contribution < 1.29 is 9.90 Å². The van der Waals surface area contributed by atoms with Gasteiger partial charge in [-0.1, -0.05) is 39.2 Å². The van der Waals surface area contributed by atoms with Gasteiger partial charge in [0.15, 0.2) is 0 Å². The van der Waals surface area contributed by atoms with Crippen LogP contribution in [0.1, 0.15) is 46.0 Å². The van der Waals surface area contributed by atoms with E-state index in [9.17, 15) is 4.79 Å². The van der Waals surface area contributed by atoms with Gasteiger partial charge in [-0.25, -0.2) is 0 Å². The van der Waals surface area contributed by atoms with E-state index in [1.165, 1.54) is 12.8 Å². The summed E-state index contributed by atoms with van der Waals surface area (Å²) < 4.78 is 0. The first kappa shape index (κ1) is 13.2. The van der Waals surface area contributed by atoms with Gasteiger partial charge in [0.05, 0.1) is 5.92 Å². The maximum Gasteiger partial charge on any atom is 0.307 e. The molecule has 0 radical (unpaired) electrons. The first-order valence-electron chi connectivity index (χ1n) is 5.52. The Hall–Kier alpha value is -0.790. The zero-order chi connectivity index (χ0) is 11.0. The maximum atomic E-state index is 10.9. The smallest absolute Gasteiger partial charge is 0.307 e. The Bertz CT molecular complexity index is 175. The average molecular weight is 198 g/mol. The van der Waals surface area contributed by atoms with Crippen molar-refractivity contribution in [3.63, 3.8) is 0 Å². The molecule has 0 amide bonds. The van der Waals surface area contributed by atoms with E-state index >= 15 is 0 Å². The zero-order valence-electron chi connectivity index (χ0n) is 9.33. The van der Waals surface area contributed by atoms with Crippen LogP contribution in [0, 0.1) is 11.8 Å². The topological polar surface area (TPSA) is 37.3 Å². The number of unbranched alkanes of at least 4 members (excludes halogenated alkanes) is 2. The number of hydrogen-bond acceptors (Lipinski definition) is 1. The lowest BCUT2D eigenvalue weighted by atomic mass is 9.86. The predicted molar refractivity (Wildman–Crippen MR) is 59.2 cm³/mol. The summed E-state index contributed by atoms with van der Waals surface area (Å²) in [6.45, 7) is 7.80. The molecule has 0 aromatic carbocycles. The SMILES string of the molecule is C=CC(CCCCC)C(CC)C(=O)O. The minimum Gasteiger partial charge on any atom is -0.481 e. The van der Waals surface area contributed by atoms with Crippen LogP contribution in [-0.4, -0.2) is 11.1 Å². The number of allylic oxidation sites excluding steroid dienone is 1. The van der Waals surface area contributed by atoms with E-state index < -0.39 is 5.97 Å². The van der Waals surface area contributed by atoms with E-state index in [1.807, 2.05) is 6.92 Å². The molecule has 0 heterocycles. The summed E-state index contributed by atoms with van der Waals surface area (Å²) in [6, 6.07) is 0. The van der Waals surface area contributed by atoms with Crippen molar-refractivity contribution in [3.05, 3.63) is 12.7 Å². The summed E-state index contributed by atoms with van der Waals surface area (Å²) in [5, 5.41) is 8.98. The van der Waals surface area contributed by atoms with Crippen molar-refractivity contribution in [2.24, 2.45) is 11.8 Å². The maximum absolute atomic E-state index is 10.9. The molecular weight excluding hydrogens is 176 g/mol. The highest BCUT2D eigenvalue weighted by Crippen LogP contribution is 2.23. The fraction of sp³-hybridized carbons (Fsp3) is 0.750. The minimum atomic E-state index is -0.686. The van der Waals surface area contributed by atoms with Gasteiger partial charge in [-0.2, -0.15) is 0 Å². The van der Waals surface area contributed by atoms with Crippen LogP contribution in [0.3, 0.4) is 0 Å². The fourth-order valence-corrected chi connectivity index (χ4v) is 1.77. The first-order valence-corrected chi connectivity index (χ1v) is 5.52. The minimum absolute atomic E-state index is 0.143. The molecule has 0 fully saturated rings. The number of carboxylic acids is 1. The summed E-state index contributed by atoms with van der Waals surface area (Å²) >= 11 is 0. The van der Waals surface area contributed by atoms with Gasteiger partial charge in [-0.05, 0) is 18.8 Å². The molecule has 0 aliphatic heterocycles. The number of aliphatic carboxylic acids is 1. The van der Waals surface area contributed by atoms with E-state index in [4.69, 9.17) is 5.11 Å². The molecule has 2 nitrogen and oxygen atoms in total. The van der Waals surface area contributed by atoms with Crippen molar-refractivity contribution in [1.29, 1.82) is 0 Å². The van der Waals surface area contributed by atoms with Crippen LogP contribution in [0.2, 0.25) is 0 Å². The number of hydrogen-bond donors (Lipinski definition) is 1. The molecule has 2 atom stereocenters. The Morgan fingerprint density at radius 2 is 2.07 bits per heavy atom. The second-order valence-electron chi connectivity index (χ2n) is 3.75. The van der Waals surface area contributed by atoms with Gasteiger partial charge in [0, 0.05) is 0 Å². The molecule has 2 unspecified atom stereocenters. The van der Waals surface area contributed by atoms with Crippen LogP contribution in [0.15, 0.2) is 12.7 Å². The molecule has 0 rings (SSSR count). The highest BCUT2D eigenvalue weighted by atomic mass is 16.4. The third-order valence-corrected chi connectivity index (χ3v) is 2.72. The summed E-state index contributed by atoms with van der Waals surface area (Å²) in [5.41, 5.74) is 0. The Morgan fingerprint density at radius 3 is 2.43 bits per heavy atom. The first-order chi connectivity index (χ1) is 6.67. The van der Waals surface area contributed by atoms with Gasteiger partial charge in [-0.15, -0.1) is 6.58 Å². The van der Waals surface area contributed by atoms with Gasteiger partial charge < -0.3 is 5.11 Å². The molecule has 0 bridgehead atoms. The highest BCUT2D eigenvalue weighted by Gasteiger charge is 2.23. The Morgan fingerprint density at radius 1 is 1.43 bits per heavy atom. The average Bonchev–Trinajstić information content (AvgIpc) is 2.16.